The maximum absolute atomic E-state index is 2.74. The van der Waals surface area contributed by atoms with Gasteiger partial charge in [0.2, 0.25) is 0 Å². The summed E-state index contributed by atoms with van der Waals surface area (Å²) in [5, 5.41) is 2.99. The average molecular weight is 621 g/mol. The number of allylic oxidation sites excluding steroid dienone is 16. The van der Waals surface area contributed by atoms with Crippen LogP contribution in [0.5, 0.6) is 0 Å². The Morgan fingerprint density at radius 3 is 1.15 bits per heavy atom. The van der Waals surface area contributed by atoms with E-state index in [1.807, 2.05) is 0 Å². The predicted octanol–water partition coefficient (Wildman–Crippen LogP) is 10.3. The standard InChI is InChI=1S/C46H40Si/c1-33-31-43-39(35-19-7-3-8-20-35)27-15-17-29-41(43)45(33)47(37-23-11-5-12-24-37,38-25-13-6-14-26-38)46-34(2)32-44-40(28-16-18-30-42(44)46)36-21-9-4-10-22-36/h3-32,39-40,45-46H,1-2H3. The van der Waals surface area contributed by atoms with Gasteiger partial charge in [0.05, 0.1) is 0 Å². The molecule has 0 radical (unpaired) electrons. The van der Waals surface area contributed by atoms with E-state index in [-0.39, 0.29) is 22.9 Å². The van der Waals surface area contributed by atoms with Crippen molar-refractivity contribution in [2.75, 3.05) is 0 Å². The topological polar surface area (TPSA) is 0 Å². The Bertz CT molecular complexity index is 1880. The lowest BCUT2D eigenvalue weighted by Crippen LogP contribution is -2.65. The Kier molecular flexibility index (Phi) is 7.71. The van der Waals surface area contributed by atoms with Crippen LogP contribution in [-0.2, 0) is 0 Å². The highest BCUT2D eigenvalue weighted by molar-refractivity contribution is 7.06. The summed E-state index contributed by atoms with van der Waals surface area (Å²) in [5.74, 6) is 0.442. The van der Waals surface area contributed by atoms with Crippen molar-refractivity contribution < 1.29 is 0 Å². The van der Waals surface area contributed by atoms with Crippen LogP contribution in [0.2, 0.25) is 11.1 Å². The molecule has 0 aromatic heterocycles. The zero-order valence-electron chi connectivity index (χ0n) is 27.1. The molecule has 0 spiro atoms. The molecule has 4 unspecified atom stereocenters. The lowest BCUT2D eigenvalue weighted by molar-refractivity contribution is 0.992. The molecule has 4 aromatic carbocycles. The van der Waals surface area contributed by atoms with E-state index in [0.717, 1.165) is 0 Å². The van der Waals surface area contributed by atoms with Gasteiger partial charge in [0, 0.05) is 22.9 Å². The van der Waals surface area contributed by atoms with Crippen LogP contribution in [0.3, 0.4) is 0 Å². The van der Waals surface area contributed by atoms with Crippen LogP contribution in [0, 0.1) is 0 Å². The second kappa shape index (κ2) is 12.3. The predicted molar refractivity (Wildman–Crippen MR) is 202 cm³/mol. The van der Waals surface area contributed by atoms with Crippen LogP contribution >= 0.6 is 0 Å². The highest BCUT2D eigenvalue weighted by Crippen LogP contribution is 2.58. The van der Waals surface area contributed by atoms with E-state index in [9.17, 15) is 0 Å². The molecule has 1 heteroatoms. The smallest absolute Gasteiger partial charge is 0.0726 e. The Morgan fingerprint density at radius 2 is 0.766 bits per heavy atom. The molecule has 8 rings (SSSR count). The van der Waals surface area contributed by atoms with Crippen molar-refractivity contribution in [3.8, 4) is 0 Å². The minimum absolute atomic E-state index is 0.221. The van der Waals surface area contributed by atoms with Gasteiger partial charge in [0.1, 0.15) is 8.07 Å². The second-order valence-electron chi connectivity index (χ2n) is 13.3. The van der Waals surface area contributed by atoms with Gasteiger partial charge in [0.25, 0.3) is 0 Å². The summed E-state index contributed by atoms with van der Waals surface area (Å²) in [4.78, 5) is 0. The fourth-order valence-corrected chi connectivity index (χ4v) is 15.6. The molecule has 0 aliphatic heterocycles. The molecule has 47 heavy (non-hydrogen) atoms. The van der Waals surface area contributed by atoms with E-state index in [1.54, 1.807) is 0 Å². The summed E-state index contributed by atoms with van der Waals surface area (Å²) in [6, 6.07) is 45.3. The van der Waals surface area contributed by atoms with Gasteiger partial charge in [-0.25, -0.2) is 0 Å². The van der Waals surface area contributed by atoms with Crippen molar-refractivity contribution in [3.63, 3.8) is 0 Å². The quantitative estimate of drug-likeness (QED) is 0.188. The van der Waals surface area contributed by atoms with Crippen LogP contribution in [0.15, 0.2) is 216 Å². The van der Waals surface area contributed by atoms with Crippen LogP contribution in [0.4, 0.5) is 0 Å². The monoisotopic (exact) mass is 620 g/mol. The van der Waals surface area contributed by atoms with E-state index in [2.05, 4.69) is 196 Å². The molecular weight excluding hydrogens is 581 g/mol. The minimum atomic E-state index is -2.74. The van der Waals surface area contributed by atoms with Gasteiger partial charge in [-0.15, -0.1) is 0 Å². The zero-order chi connectivity index (χ0) is 31.8. The highest BCUT2D eigenvalue weighted by Gasteiger charge is 2.56. The van der Waals surface area contributed by atoms with Crippen molar-refractivity contribution in [1.29, 1.82) is 0 Å². The largest absolute Gasteiger partial charge is 0.140 e. The van der Waals surface area contributed by atoms with Crippen LogP contribution in [0.1, 0.15) is 36.8 Å². The zero-order valence-corrected chi connectivity index (χ0v) is 28.1. The molecule has 0 fully saturated rings. The fourth-order valence-electron chi connectivity index (χ4n) is 8.99. The van der Waals surface area contributed by atoms with Gasteiger partial charge in [-0.05, 0) is 47.3 Å². The molecule has 0 heterocycles. The highest BCUT2D eigenvalue weighted by atomic mass is 28.3. The molecule has 4 aliphatic carbocycles. The lowest BCUT2D eigenvalue weighted by atomic mass is 9.89. The summed E-state index contributed by atoms with van der Waals surface area (Å²) in [6.07, 6.45) is 23.9. The fraction of sp³-hybridized carbons (Fsp3) is 0.130. The first-order valence-corrected chi connectivity index (χ1v) is 19.1. The molecule has 228 valence electrons. The number of hydrogen-bond donors (Lipinski definition) is 0. The summed E-state index contributed by atoms with van der Waals surface area (Å²) >= 11 is 0. The lowest BCUT2D eigenvalue weighted by Gasteiger charge is -2.46. The summed E-state index contributed by atoms with van der Waals surface area (Å²) in [6.45, 7) is 4.82. The molecular formula is C46H40Si. The third kappa shape index (κ3) is 4.89. The first kappa shape index (κ1) is 29.4. The Balaban J connectivity index is 1.43. The number of benzene rings is 4. The summed E-state index contributed by atoms with van der Waals surface area (Å²) < 4.78 is 0. The average Bonchev–Trinajstić information content (AvgIpc) is 3.42. The van der Waals surface area contributed by atoms with Crippen LogP contribution < -0.4 is 10.4 Å². The molecule has 4 atom stereocenters. The van der Waals surface area contributed by atoms with Crippen molar-refractivity contribution in [2.24, 2.45) is 0 Å². The van der Waals surface area contributed by atoms with Gasteiger partial charge in [-0.3, -0.25) is 0 Å². The third-order valence-corrected chi connectivity index (χ3v) is 16.7. The third-order valence-electron chi connectivity index (χ3n) is 10.7. The summed E-state index contributed by atoms with van der Waals surface area (Å²) in [5.41, 5.74) is 12.1. The van der Waals surface area contributed by atoms with E-state index < -0.39 is 8.07 Å². The molecule has 4 aromatic rings. The molecule has 0 saturated carbocycles. The number of rotatable bonds is 6. The normalized spacial score (nSPS) is 23.3. The Morgan fingerprint density at radius 1 is 0.404 bits per heavy atom. The van der Waals surface area contributed by atoms with E-state index in [0.29, 0.717) is 0 Å². The molecule has 0 N–H and O–H groups in total. The van der Waals surface area contributed by atoms with Crippen molar-refractivity contribution in [3.05, 3.63) is 227 Å². The molecule has 0 amide bonds. The first-order chi connectivity index (χ1) is 23.2. The molecule has 4 aliphatic rings. The molecule has 0 bridgehead atoms. The van der Waals surface area contributed by atoms with Crippen molar-refractivity contribution >= 4 is 18.4 Å². The van der Waals surface area contributed by atoms with Gasteiger partial charge >= 0.3 is 0 Å². The number of hydrogen-bond acceptors (Lipinski definition) is 0. The van der Waals surface area contributed by atoms with Gasteiger partial charge in [-0.1, -0.05) is 204 Å². The van der Waals surface area contributed by atoms with Crippen LogP contribution in [-0.4, -0.2) is 8.07 Å². The van der Waals surface area contributed by atoms with E-state index in [4.69, 9.17) is 0 Å². The van der Waals surface area contributed by atoms with Gasteiger partial charge in [0.15, 0.2) is 0 Å². The van der Waals surface area contributed by atoms with Gasteiger partial charge in [-0.2, -0.15) is 0 Å². The van der Waals surface area contributed by atoms with E-state index in [1.165, 1.54) is 54.9 Å². The SMILES string of the molecule is CC1=CC2=C(C=CC=CC2c2ccccc2)C1[Si](c1ccccc1)(c1ccccc1)C1C(C)=CC2=C1C=CC=CC2c1ccccc1. The molecule has 0 nitrogen and oxygen atoms in total. The van der Waals surface area contributed by atoms with Crippen LogP contribution in [0.25, 0.3) is 0 Å². The Labute approximate surface area is 280 Å². The van der Waals surface area contributed by atoms with Gasteiger partial charge < -0.3 is 0 Å². The first-order valence-electron chi connectivity index (χ1n) is 16.9. The maximum atomic E-state index is 2.55. The molecule has 0 saturated heterocycles. The Hall–Kier alpha value is -4.98. The maximum Gasteiger partial charge on any atom is 0.140 e. The van der Waals surface area contributed by atoms with E-state index >= 15 is 0 Å². The summed E-state index contributed by atoms with van der Waals surface area (Å²) in [7, 11) is -2.74. The minimum Gasteiger partial charge on any atom is -0.0726 e. The second-order valence-corrected chi connectivity index (χ2v) is 17.4. The van der Waals surface area contributed by atoms with Crippen molar-refractivity contribution in [1.82, 2.24) is 0 Å². The van der Waals surface area contributed by atoms with Crippen molar-refractivity contribution in [2.45, 2.75) is 36.8 Å².